The molecule has 98 valence electrons. The average molecular weight is 356 g/mol. The number of hydrogen-bond acceptors (Lipinski definition) is 3. The monoisotopic (exact) mass is 355 g/mol. The molecule has 7 heteroatoms. The standard InChI is InChI=1S/C12H10BrN3OS2/c13-9-6-7-19-10(9)11(17)15-16-12(18)14-8-4-2-1-3-5-8/h1-7H,(H,15,17)(H2,14,16,18). The van der Waals surface area contributed by atoms with E-state index in [2.05, 4.69) is 32.1 Å². The molecule has 4 nitrogen and oxygen atoms in total. The smallest absolute Gasteiger partial charge is 0.280 e. The molecule has 19 heavy (non-hydrogen) atoms. The fourth-order valence-corrected chi connectivity index (χ4v) is 2.93. The number of rotatable bonds is 2. The van der Waals surface area contributed by atoms with Gasteiger partial charge in [-0.2, -0.15) is 0 Å². The van der Waals surface area contributed by atoms with Gasteiger partial charge in [-0.25, -0.2) is 0 Å². The highest BCUT2D eigenvalue weighted by atomic mass is 79.9. The number of amides is 1. The molecule has 1 heterocycles. The van der Waals surface area contributed by atoms with E-state index in [1.54, 1.807) is 0 Å². The highest BCUT2D eigenvalue weighted by Crippen LogP contribution is 2.21. The Hall–Kier alpha value is -1.44. The number of anilines is 1. The van der Waals surface area contributed by atoms with Crippen LogP contribution in [-0.2, 0) is 0 Å². The Morgan fingerprint density at radius 2 is 1.89 bits per heavy atom. The Bertz CT molecular complexity index is 586. The summed E-state index contributed by atoms with van der Waals surface area (Å²) in [4.78, 5) is 12.4. The van der Waals surface area contributed by atoms with Gasteiger partial charge in [-0.15, -0.1) is 11.3 Å². The van der Waals surface area contributed by atoms with Crippen molar-refractivity contribution in [2.45, 2.75) is 0 Å². The summed E-state index contributed by atoms with van der Waals surface area (Å²) in [6.45, 7) is 0. The van der Waals surface area contributed by atoms with Crippen LogP contribution in [0.3, 0.4) is 0 Å². The first-order chi connectivity index (χ1) is 9.16. The predicted molar refractivity (Wildman–Crippen MR) is 85.3 cm³/mol. The van der Waals surface area contributed by atoms with E-state index in [9.17, 15) is 4.79 Å². The lowest BCUT2D eigenvalue weighted by Crippen LogP contribution is -2.43. The fourth-order valence-electron chi connectivity index (χ4n) is 1.31. The third kappa shape index (κ3) is 4.02. The number of para-hydroxylation sites is 1. The van der Waals surface area contributed by atoms with Crippen LogP contribution in [0.5, 0.6) is 0 Å². The summed E-state index contributed by atoms with van der Waals surface area (Å²) in [7, 11) is 0. The van der Waals surface area contributed by atoms with Crippen molar-refractivity contribution in [3.63, 3.8) is 0 Å². The minimum atomic E-state index is -0.237. The minimum absolute atomic E-state index is 0.237. The molecule has 0 radical (unpaired) electrons. The van der Waals surface area contributed by atoms with Gasteiger partial charge < -0.3 is 5.32 Å². The normalized spacial score (nSPS) is 9.74. The van der Waals surface area contributed by atoms with Gasteiger partial charge in [-0.05, 0) is 51.7 Å². The Balaban J connectivity index is 1.84. The van der Waals surface area contributed by atoms with Crippen molar-refractivity contribution in [3.8, 4) is 0 Å². The number of carbonyl (C=O) groups excluding carboxylic acids is 1. The zero-order chi connectivity index (χ0) is 13.7. The molecule has 1 aromatic carbocycles. The van der Waals surface area contributed by atoms with Gasteiger partial charge in [0.2, 0.25) is 0 Å². The topological polar surface area (TPSA) is 53.2 Å². The summed E-state index contributed by atoms with van der Waals surface area (Å²) in [5.41, 5.74) is 6.04. The van der Waals surface area contributed by atoms with E-state index >= 15 is 0 Å². The number of halogens is 1. The Morgan fingerprint density at radius 1 is 1.16 bits per heavy atom. The summed E-state index contributed by atoms with van der Waals surface area (Å²) in [6, 6.07) is 11.3. The van der Waals surface area contributed by atoms with Gasteiger partial charge in [0, 0.05) is 10.2 Å². The van der Waals surface area contributed by atoms with Crippen LogP contribution >= 0.6 is 39.5 Å². The van der Waals surface area contributed by atoms with Gasteiger partial charge in [0.15, 0.2) is 5.11 Å². The summed E-state index contributed by atoms with van der Waals surface area (Å²) >= 11 is 9.72. The minimum Gasteiger partial charge on any atom is -0.331 e. The number of nitrogens with one attached hydrogen (secondary N) is 3. The van der Waals surface area contributed by atoms with Crippen molar-refractivity contribution >= 4 is 56.2 Å². The first-order valence-electron chi connectivity index (χ1n) is 5.32. The van der Waals surface area contributed by atoms with E-state index in [-0.39, 0.29) is 5.91 Å². The lowest BCUT2D eigenvalue weighted by molar-refractivity contribution is 0.0947. The molecule has 0 bridgehead atoms. The highest BCUT2D eigenvalue weighted by molar-refractivity contribution is 9.10. The third-order valence-corrected chi connectivity index (χ3v) is 4.19. The highest BCUT2D eigenvalue weighted by Gasteiger charge is 2.11. The van der Waals surface area contributed by atoms with E-state index in [4.69, 9.17) is 12.2 Å². The molecule has 0 atom stereocenters. The molecule has 0 spiro atoms. The molecule has 0 unspecified atom stereocenters. The van der Waals surface area contributed by atoms with E-state index < -0.39 is 0 Å². The van der Waals surface area contributed by atoms with Crippen LogP contribution in [0.25, 0.3) is 0 Å². The largest absolute Gasteiger partial charge is 0.331 e. The maximum Gasteiger partial charge on any atom is 0.280 e. The van der Waals surface area contributed by atoms with E-state index in [0.717, 1.165) is 10.2 Å². The molecule has 0 aliphatic carbocycles. The van der Waals surface area contributed by atoms with E-state index in [1.165, 1.54) is 11.3 Å². The number of hydrogen-bond donors (Lipinski definition) is 3. The molecule has 3 N–H and O–H groups in total. The van der Waals surface area contributed by atoms with Crippen LogP contribution < -0.4 is 16.2 Å². The van der Waals surface area contributed by atoms with Crippen LogP contribution in [-0.4, -0.2) is 11.0 Å². The second-order valence-electron chi connectivity index (χ2n) is 3.50. The van der Waals surface area contributed by atoms with Gasteiger partial charge in [0.1, 0.15) is 4.88 Å². The van der Waals surface area contributed by atoms with Gasteiger partial charge in [0.05, 0.1) is 0 Å². The summed E-state index contributed by atoms with van der Waals surface area (Å²) in [5, 5.41) is 5.11. The molecule has 2 aromatic rings. The molecule has 2 rings (SSSR count). The molecular formula is C12H10BrN3OS2. The number of thiophene rings is 1. The van der Waals surface area contributed by atoms with Crippen LogP contribution in [0.1, 0.15) is 9.67 Å². The van der Waals surface area contributed by atoms with Crippen LogP contribution in [0.15, 0.2) is 46.3 Å². The molecular weight excluding hydrogens is 346 g/mol. The number of hydrazine groups is 1. The van der Waals surface area contributed by atoms with Crippen molar-refractivity contribution in [2.24, 2.45) is 0 Å². The maximum atomic E-state index is 11.8. The van der Waals surface area contributed by atoms with Gasteiger partial charge in [0.25, 0.3) is 5.91 Å². The average Bonchev–Trinajstić information content (AvgIpc) is 2.83. The molecule has 1 amide bonds. The first kappa shape index (κ1) is 14.0. The second kappa shape index (κ2) is 6.65. The Kier molecular flexibility index (Phi) is 4.89. The van der Waals surface area contributed by atoms with Gasteiger partial charge in [-0.3, -0.25) is 15.6 Å². The molecule has 0 aliphatic rings. The van der Waals surface area contributed by atoms with Crippen molar-refractivity contribution in [1.82, 2.24) is 10.9 Å². The third-order valence-electron chi connectivity index (χ3n) is 2.14. The zero-order valence-corrected chi connectivity index (χ0v) is 12.9. The van der Waals surface area contributed by atoms with Crippen molar-refractivity contribution in [2.75, 3.05) is 5.32 Å². The number of benzene rings is 1. The van der Waals surface area contributed by atoms with Gasteiger partial charge >= 0.3 is 0 Å². The SMILES string of the molecule is O=C(NNC(=S)Nc1ccccc1)c1sccc1Br. The quantitative estimate of drug-likeness (QED) is 0.572. The van der Waals surface area contributed by atoms with E-state index in [0.29, 0.717) is 9.99 Å². The number of carbonyl (C=O) groups is 1. The second-order valence-corrected chi connectivity index (χ2v) is 5.68. The molecule has 0 fully saturated rings. The van der Waals surface area contributed by atoms with Crippen molar-refractivity contribution in [3.05, 3.63) is 51.1 Å². The van der Waals surface area contributed by atoms with Crippen LogP contribution in [0.2, 0.25) is 0 Å². The molecule has 0 saturated carbocycles. The lowest BCUT2D eigenvalue weighted by atomic mass is 10.3. The predicted octanol–water partition coefficient (Wildman–Crippen LogP) is 3.14. The van der Waals surface area contributed by atoms with Crippen molar-refractivity contribution in [1.29, 1.82) is 0 Å². The van der Waals surface area contributed by atoms with Crippen LogP contribution in [0.4, 0.5) is 5.69 Å². The fraction of sp³-hybridized carbons (Fsp3) is 0. The zero-order valence-electron chi connectivity index (χ0n) is 9.64. The van der Waals surface area contributed by atoms with Gasteiger partial charge in [-0.1, -0.05) is 18.2 Å². The summed E-state index contributed by atoms with van der Waals surface area (Å²) < 4.78 is 0.763. The summed E-state index contributed by atoms with van der Waals surface area (Å²) in [5.74, 6) is -0.237. The first-order valence-corrected chi connectivity index (χ1v) is 7.40. The maximum absolute atomic E-state index is 11.8. The summed E-state index contributed by atoms with van der Waals surface area (Å²) in [6.07, 6.45) is 0. The van der Waals surface area contributed by atoms with Crippen molar-refractivity contribution < 1.29 is 4.79 Å². The van der Waals surface area contributed by atoms with E-state index in [1.807, 2.05) is 41.8 Å². The molecule has 0 aliphatic heterocycles. The Morgan fingerprint density at radius 3 is 2.53 bits per heavy atom. The Labute approximate surface area is 128 Å². The lowest BCUT2D eigenvalue weighted by Gasteiger charge is -2.11. The molecule has 1 aromatic heterocycles. The van der Waals surface area contributed by atoms with Crippen LogP contribution in [0, 0.1) is 0 Å². The molecule has 0 saturated heterocycles. The number of thiocarbonyl (C=S) groups is 1.